The smallest absolute Gasteiger partial charge is 0.387 e. The monoisotopic (exact) mass is 210 g/mol. The number of aromatic nitrogens is 2. The van der Waals surface area contributed by atoms with Crippen LogP contribution in [0, 0.1) is 0 Å². The lowest BCUT2D eigenvalue weighted by atomic mass is 10.3. The SMILES string of the molecule is FC(F)Oc1cccc(-n2ccnc2)c1. The van der Waals surface area contributed by atoms with Gasteiger partial charge in [0.05, 0.1) is 12.0 Å². The highest BCUT2D eigenvalue weighted by molar-refractivity contribution is 5.39. The molecule has 0 atom stereocenters. The Morgan fingerprint density at radius 3 is 2.87 bits per heavy atom. The Balaban J connectivity index is 2.27. The molecule has 2 rings (SSSR count). The standard InChI is InChI=1S/C10H8F2N2O/c11-10(12)15-9-3-1-2-8(6-9)14-5-4-13-7-14/h1-7,10H. The second-order valence-corrected chi connectivity index (χ2v) is 2.85. The van der Waals surface area contributed by atoms with Crippen molar-refractivity contribution in [1.82, 2.24) is 9.55 Å². The molecule has 0 amide bonds. The summed E-state index contributed by atoms with van der Waals surface area (Å²) < 4.78 is 29.9. The highest BCUT2D eigenvalue weighted by Gasteiger charge is 2.04. The molecule has 0 aliphatic rings. The van der Waals surface area contributed by atoms with E-state index in [0.29, 0.717) is 0 Å². The number of hydrogen-bond donors (Lipinski definition) is 0. The quantitative estimate of drug-likeness (QED) is 0.778. The average Bonchev–Trinajstić information content (AvgIpc) is 2.69. The molecule has 3 nitrogen and oxygen atoms in total. The van der Waals surface area contributed by atoms with Gasteiger partial charge in [-0.1, -0.05) is 6.07 Å². The molecular weight excluding hydrogens is 202 g/mol. The molecule has 1 heterocycles. The summed E-state index contributed by atoms with van der Waals surface area (Å²) >= 11 is 0. The summed E-state index contributed by atoms with van der Waals surface area (Å²) in [5.74, 6) is 0.135. The molecule has 0 saturated heterocycles. The van der Waals surface area contributed by atoms with Crippen LogP contribution >= 0.6 is 0 Å². The van der Waals surface area contributed by atoms with E-state index < -0.39 is 6.61 Å². The van der Waals surface area contributed by atoms with Crippen molar-refractivity contribution in [2.75, 3.05) is 0 Å². The largest absolute Gasteiger partial charge is 0.435 e. The van der Waals surface area contributed by atoms with Crippen molar-refractivity contribution in [2.45, 2.75) is 6.61 Å². The summed E-state index contributed by atoms with van der Waals surface area (Å²) in [5.41, 5.74) is 0.727. The van der Waals surface area contributed by atoms with Gasteiger partial charge in [-0.15, -0.1) is 0 Å². The Hall–Kier alpha value is -1.91. The third-order valence-electron chi connectivity index (χ3n) is 1.85. The van der Waals surface area contributed by atoms with Crippen LogP contribution in [-0.2, 0) is 0 Å². The Morgan fingerprint density at radius 1 is 1.33 bits per heavy atom. The summed E-state index contributed by atoms with van der Waals surface area (Å²) in [5, 5.41) is 0. The molecule has 0 spiro atoms. The molecule has 0 aliphatic carbocycles. The van der Waals surface area contributed by atoms with E-state index in [9.17, 15) is 8.78 Å². The molecule has 15 heavy (non-hydrogen) atoms. The molecule has 0 bridgehead atoms. The van der Waals surface area contributed by atoms with Crippen LogP contribution in [-0.4, -0.2) is 16.2 Å². The molecule has 1 aromatic carbocycles. The first kappa shape index (κ1) is 9.64. The first-order chi connectivity index (χ1) is 7.25. The molecule has 0 unspecified atom stereocenters. The predicted molar refractivity (Wildman–Crippen MR) is 50.2 cm³/mol. The van der Waals surface area contributed by atoms with Crippen LogP contribution in [0.3, 0.4) is 0 Å². The predicted octanol–water partition coefficient (Wildman–Crippen LogP) is 2.47. The van der Waals surface area contributed by atoms with Gasteiger partial charge in [0.2, 0.25) is 0 Å². The number of imidazole rings is 1. The number of ether oxygens (including phenoxy) is 1. The minimum absolute atomic E-state index is 0.135. The fourth-order valence-electron chi connectivity index (χ4n) is 1.23. The van der Waals surface area contributed by atoms with E-state index in [4.69, 9.17) is 0 Å². The fraction of sp³-hybridized carbons (Fsp3) is 0.100. The van der Waals surface area contributed by atoms with E-state index in [2.05, 4.69) is 9.72 Å². The lowest BCUT2D eigenvalue weighted by molar-refractivity contribution is -0.0498. The van der Waals surface area contributed by atoms with Gasteiger partial charge in [0.1, 0.15) is 5.75 Å². The maximum atomic E-state index is 12.0. The Labute approximate surface area is 84.9 Å². The van der Waals surface area contributed by atoms with Gasteiger partial charge >= 0.3 is 6.61 Å². The Morgan fingerprint density at radius 2 is 2.20 bits per heavy atom. The van der Waals surface area contributed by atoms with Crippen LogP contribution in [0.15, 0.2) is 43.0 Å². The van der Waals surface area contributed by atoms with E-state index >= 15 is 0 Å². The minimum Gasteiger partial charge on any atom is -0.435 e. The van der Waals surface area contributed by atoms with E-state index in [1.807, 2.05) is 0 Å². The molecule has 0 radical (unpaired) electrons. The van der Waals surface area contributed by atoms with Gasteiger partial charge in [0.25, 0.3) is 0 Å². The van der Waals surface area contributed by atoms with Gasteiger partial charge in [0.15, 0.2) is 0 Å². The zero-order chi connectivity index (χ0) is 10.7. The van der Waals surface area contributed by atoms with Gasteiger partial charge in [-0.05, 0) is 12.1 Å². The molecule has 2 aromatic rings. The maximum absolute atomic E-state index is 12.0. The van der Waals surface area contributed by atoms with Crippen LogP contribution in [0.1, 0.15) is 0 Å². The molecule has 78 valence electrons. The Bertz CT molecular complexity index is 429. The van der Waals surface area contributed by atoms with E-state index in [-0.39, 0.29) is 5.75 Å². The average molecular weight is 210 g/mol. The van der Waals surface area contributed by atoms with Crippen LogP contribution in [0.4, 0.5) is 8.78 Å². The summed E-state index contributed by atoms with van der Waals surface area (Å²) in [4.78, 5) is 3.86. The topological polar surface area (TPSA) is 27.1 Å². The molecule has 5 heteroatoms. The number of halogens is 2. The molecule has 0 saturated carbocycles. The van der Waals surface area contributed by atoms with Gasteiger partial charge in [0, 0.05) is 18.5 Å². The summed E-state index contributed by atoms with van der Waals surface area (Å²) in [6.45, 7) is -2.80. The van der Waals surface area contributed by atoms with Crippen LogP contribution < -0.4 is 4.74 Å². The molecule has 0 fully saturated rings. The van der Waals surface area contributed by atoms with E-state index in [1.54, 1.807) is 35.4 Å². The molecule has 0 N–H and O–H groups in total. The van der Waals surface area contributed by atoms with Crippen molar-refractivity contribution in [3.05, 3.63) is 43.0 Å². The van der Waals surface area contributed by atoms with Crippen molar-refractivity contribution in [2.24, 2.45) is 0 Å². The van der Waals surface area contributed by atoms with Crippen LogP contribution in [0.25, 0.3) is 5.69 Å². The zero-order valence-electron chi connectivity index (χ0n) is 7.68. The van der Waals surface area contributed by atoms with E-state index in [0.717, 1.165) is 5.69 Å². The van der Waals surface area contributed by atoms with Gasteiger partial charge < -0.3 is 9.30 Å². The lowest BCUT2D eigenvalue weighted by Gasteiger charge is -2.06. The molecular formula is C10H8F2N2O. The summed E-state index contributed by atoms with van der Waals surface area (Å²) in [6.07, 6.45) is 4.92. The zero-order valence-corrected chi connectivity index (χ0v) is 7.68. The third-order valence-corrected chi connectivity index (χ3v) is 1.85. The second-order valence-electron chi connectivity index (χ2n) is 2.85. The third kappa shape index (κ3) is 2.31. The van der Waals surface area contributed by atoms with Crippen LogP contribution in [0.5, 0.6) is 5.75 Å². The first-order valence-corrected chi connectivity index (χ1v) is 4.29. The van der Waals surface area contributed by atoms with Crippen molar-refractivity contribution in [1.29, 1.82) is 0 Å². The number of alkyl halides is 2. The summed E-state index contributed by atoms with van der Waals surface area (Å²) in [7, 11) is 0. The van der Waals surface area contributed by atoms with Crippen molar-refractivity contribution in [3.8, 4) is 11.4 Å². The fourth-order valence-corrected chi connectivity index (χ4v) is 1.23. The normalized spacial score (nSPS) is 10.6. The van der Waals surface area contributed by atoms with Gasteiger partial charge in [-0.25, -0.2) is 4.98 Å². The highest BCUT2D eigenvalue weighted by atomic mass is 19.3. The van der Waals surface area contributed by atoms with Crippen molar-refractivity contribution >= 4 is 0 Å². The highest BCUT2D eigenvalue weighted by Crippen LogP contribution is 2.18. The molecule has 0 aliphatic heterocycles. The number of nitrogens with zero attached hydrogens (tertiary/aromatic N) is 2. The molecule has 1 aromatic heterocycles. The minimum atomic E-state index is -2.80. The Kier molecular flexibility index (Phi) is 2.62. The number of hydrogen-bond acceptors (Lipinski definition) is 2. The number of rotatable bonds is 3. The second kappa shape index (κ2) is 4.08. The van der Waals surface area contributed by atoms with Crippen LogP contribution in [0.2, 0.25) is 0 Å². The summed E-state index contributed by atoms with van der Waals surface area (Å²) in [6, 6.07) is 6.42. The van der Waals surface area contributed by atoms with E-state index in [1.165, 1.54) is 12.1 Å². The van der Waals surface area contributed by atoms with Gasteiger partial charge in [-0.3, -0.25) is 0 Å². The van der Waals surface area contributed by atoms with Gasteiger partial charge in [-0.2, -0.15) is 8.78 Å². The van der Waals surface area contributed by atoms with Crippen molar-refractivity contribution in [3.63, 3.8) is 0 Å². The maximum Gasteiger partial charge on any atom is 0.387 e. The lowest BCUT2D eigenvalue weighted by Crippen LogP contribution is -2.02. The number of benzene rings is 1. The van der Waals surface area contributed by atoms with Crippen molar-refractivity contribution < 1.29 is 13.5 Å². The first-order valence-electron chi connectivity index (χ1n) is 4.29.